The first-order valence-corrected chi connectivity index (χ1v) is 7.41. The van der Waals surface area contributed by atoms with E-state index in [2.05, 4.69) is 66.8 Å². The molecule has 0 bridgehead atoms. The zero-order chi connectivity index (χ0) is 12.4. The van der Waals surface area contributed by atoms with Crippen molar-refractivity contribution >= 4 is 45.5 Å². The molecule has 0 saturated carbocycles. The van der Waals surface area contributed by atoms with Gasteiger partial charge in [-0.1, -0.05) is 23.9 Å². The summed E-state index contributed by atoms with van der Waals surface area (Å²) in [6, 6.07) is 8.47. The predicted molar refractivity (Wildman–Crippen MR) is 80.4 cm³/mol. The molecule has 1 aromatic carbocycles. The zero-order valence-corrected chi connectivity index (χ0v) is 12.3. The summed E-state index contributed by atoms with van der Waals surface area (Å²) in [6.45, 7) is 0. The summed E-state index contributed by atoms with van der Waals surface area (Å²) < 4.78 is 1.25. The van der Waals surface area contributed by atoms with Crippen molar-refractivity contribution in [3.05, 3.63) is 46.1 Å². The Kier molecular flexibility index (Phi) is 3.46. The van der Waals surface area contributed by atoms with Crippen LogP contribution in [-0.2, 0) is 5.75 Å². The van der Waals surface area contributed by atoms with Gasteiger partial charge in [-0.15, -0.1) is 0 Å². The molecule has 0 amide bonds. The first-order valence-electron chi connectivity index (χ1n) is 5.34. The predicted octanol–water partition coefficient (Wildman–Crippen LogP) is 3.25. The van der Waals surface area contributed by atoms with E-state index in [1.807, 2.05) is 0 Å². The first kappa shape index (κ1) is 11.9. The number of fused-ring (bicyclic) bond motifs is 1. The average molecular weight is 368 g/mol. The molecule has 0 unspecified atom stereocenters. The van der Waals surface area contributed by atoms with E-state index >= 15 is 0 Å². The van der Waals surface area contributed by atoms with Crippen molar-refractivity contribution < 1.29 is 0 Å². The summed E-state index contributed by atoms with van der Waals surface area (Å²) >= 11 is 4.01. The second-order valence-electron chi connectivity index (χ2n) is 3.70. The van der Waals surface area contributed by atoms with E-state index in [-0.39, 0.29) is 0 Å². The second kappa shape index (κ2) is 5.23. The number of rotatable bonds is 3. The van der Waals surface area contributed by atoms with Crippen LogP contribution in [-0.4, -0.2) is 19.9 Å². The molecule has 0 aliphatic rings. The van der Waals surface area contributed by atoms with Gasteiger partial charge in [0.05, 0.1) is 6.33 Å². The molecule has 3 rings (SSSR count). The third-order valence-electron chi connectivity index (χ3n) is 2.45. The zero-order valence-electron chi connectivity index (χ0n) is 9.30. The SMILES string of the molecule is Ic1cccc(CSc2ncnc3nc[nH]c23)c1. The third kappa shape index (κ3) is 2.49. The highest BCUT2D eigenvalue weighted by atomic mass is 127. The lowest BCUT2D eigenvalue weighted by Crippen LogP contribution is -1.87. The van der Waals surface area contributed by atoms with E-state index in [4.69, 9.17) is 0 Å². The van der Waals surface area contributed by atoms with E-state index < -0.39 is 0 Å². The van der Waals surface area contributed by atoms with Gasteiger partial charge in [-0.2, -0.15) is 0 Å². The normalized spacial score (nSPS) is 10.9. The summed E-state index contributed by atoms with van der Waals surface area (Å²) in [4.78, 5) is 15.6. The second-order valence-corrected chi connectivity index (χ2v) is 5.91. The van der Waals surface area contributed by atoms with Gasteiger partial charge in [-0.25, -0.2) is 15.0 Å². The van der Waals surface area contributed by atoms with Crippen LogP contribution in [0, 0.1) is 3.57 Å². The molecule has 0 aliphatic heterocycles. The Balaban J connectivity index is 1.83. The molecule has 0 saturated heterocycles. The number of imidazole rings is 1. The fourth-order valence-electron chi connectivity index (χ4n) is 1.63. The summed E-state index contributed by atoms with van der Waals surface area (Å²) in [5, 5.41) is 0.941. The van der Waals surface area contributed by atoms with Crippen molar-refractivity contribution in [2.24, 2.45) is 0 Å². The number of nitrogens with zero attached hydrogens (tertiary/aromatic N) is 3. The number of thioether (sulfide) groups is 1. The van der Waals surface area contributed by atoms with Gasteiger partial charge in [-0.3, -0.25) is 0 Å². The number of hydrogen-bond acceptors (Lipinski definition) is 4. The fraction of sp³-hybridized carbons (Fsp3) is 0.0833. The molecular weight excluding hydrogens is 359 g/mol. The molecule has 2 aromatic heterocycles. The van der Waals surface area contributed by atoms with E-state index in [1.165, 1.54) is 9.13 Å². The molecule has 6 heteroatoms. The van der Waals surface area contributed by atoms with Crippen molar-refractivity contribution in [1.29, 1.82) is 0 Å². The van der Waals surface area contributed by atoms with Gasteiger partial charge in [0.25, 0.3) is 0 Å². The molecule has 3 aromatic rings. The number of hydrogen-bond donors (Lipinski definition) is 1. The maximum Gasteiger partial charge on any atom is 0.181 e. The number of benzene rings is 1. The summed E-state index contributed by atoms with van der Waals surface area (Å²) in [5.41, 5.74) is 2.92. The Morgan fingerprint density at radius 3 is 3.06 bits per heavy atom. The topological polar surface area (TPSA) is 54.5 Å². The Hall–Kier alpha value is -1.15. The molecule has 0 aliphatic carbocycles. The molecule has 1 N–H and O–H groups in total. The van der Waals surface area contributed by atoms with Crippen molar-refractivity contribution in [2.75, 3.05) is 0 Å². The van der Waals surface area contributed by atoms with Gasteiger partial charge >= 0.3 is 0 Å². The van der Waals surface area contributed by atoms with Crippen LogP contribution in [0.5, 0.6) is 0 Å². The molecule has 90 valence electrons. The largest absolute Gasteiger partial charge is 0.341 e. The van der Waals surface area contributed by atoms with Crippen molar-refractivity contribution in [3.63, 3.8) is 0 Å². The van der Waals surface area contributed by atoms with Crippen LogP contribution in [0.15, 0.2) is 41.9 Å². The van der Waals surface area contributed by atoms with Gasteiger partial charge in [0.15, 0.2) is 5.65 Å². The number of nitrogens with one attached hydrogen (secondary N) is 1. The van der Waals surface area contributed by atoms with Crippen LogP contribution < -0.4 is 0 Å². The summed E-state index contributed by atoms with van der Waals surface area (Å²) in [6.07, 6.45) is 3.20. The molecule has 0 atom stereocenters. The maximum atomic E-state index is 4.30. The van der Waals surface area contributed by atoms with Gasteiger partial charge in [0.1, 0.15) is 16.9 Å². The smallest absolute Gasteiger partial charge is 0.181 e. The van der Waals surface area contributed by atoms with Crippen molar-refractivity contribution in [1.82, 2.24) is 19.9 Å². The highest BCUT2D eigenvalue weighted by Gasteiger charge is 2.06. The summed E-state index contributed by atoms with van der Waals surface area (Å²) in [5.74, 6) is 0.891. The number of aromatic amines is 1. The standard InChI is InChI=1S/C12H9IN4S/c13-9-3-1-2-8(4-9)5-18-12-10-11(15-6-14-10)16-7-17-12/h1-4,6-7H,5H2,(H,14,15,16,17). The summed E-state index contributed by atoms with van der Waals surface area (Å²) in [7, 11) is 0. The Morgan fingerprint density at radius 2 is 2.17 bits per heavy atom. The minimum absolute atomic E-state index is 0.718. The lowest BCUT2D eigenvalue weighted by Gasteiger charge is -2.02. The van der Waals surface area contributed by atoms with Crippen molar-refractivity contribution in [2.45, 2.75) is 10.8 Å². The molecular formula is C12H9IN4S. The maximum absolute atomic E-state index is 4.30. The van der Waals surface area contributed by atoms with Gasteiger partial charge in [-0.05, 0) is 40.3 Å². The third-order valence-corrected chi connectivity index (χ3v) is 4.18. The van der Waals surface area contributed by atoms with Gasteiger partial charge in [0.2, 0.25) is 0 Å². The van der Waals surface area contributed by atoms with Crippen LogP contribution in [0.3, 0.4) is 0 Å². The van der Waals surface area contributed by atoms with E-state index in [0.717, 1.165) is 21.9 Å². The van der Waals surface area contributed by atoms with Crippen LogP contribution in [0.4, 0.5) is 0 Å². The lowest BCUT2D eigenvalue weighted by molar-refractivity contribution is 1.08. The van der Waals surface area contributed by atoms with Crippen molar-refractivity contribution in [3.8, 4) is 0 Å². The Bertz CT molecular complexity index is 682. The number of aromatic nitrogens is 4. The average Bonchev–Trinajstić information content (AvgIpc) is 2.85. The Morgan fingerprint density at radius 1 is 1.22 bits per heavy atom. The molecule has 2 heterocycles. The quantitative estimate of drug-likeness (QED) is 0.438. The molecule has 18 heavy (non-hydrogen) atoms. The molecule has 0 spiro atoms. The molecule has 0 fully saturated rings. The van der Waals surface area contributed by atoms with E-state index in [9.17, 15) is 0 Å². The number of H-pyrrole nitrogens is 1. The minimum atomic E-state index is 0.718. The number of halogens is 1. The van der Waals surface area contributed by atoms with E-state index in [1.54, 1.807) is 24.4 Å². The fourth-order valence-corrected chi connectivity index (χ4v) is 3.14. The van der Waals surface area contributed by atoms with Gasteiger partial charge in [0, 0.05) is 9.32 Å². The highest BCUT2D eigenvalue weighted by molar-refractivity contribution is 14.1. The van der Waals surface area contributed by atoms with Crippen LogP contribution in [0.25, 0.3) is 11.2 Å². The van der Waals surface area contributed by atoms with Crippen LogP contribution in [0.1, 0.15) is 5.56 Å². The highest BCUT2D eigenvalue weighted by Crippen LogP contribution is 2.25. The van der Waals surface area contributed by atoms with E-state index in [0.29, 0.717) is 0 Å². The van der Waals surface area contributed by atoms with Gasteiger partial charge < -0.3 is 4.98 Å². The minimum Gasteiger partial charge on any atom is -0.341 e. The van der Waals surface area contributed by atoms with Crippen LogP contribution >= 0.6 is 34.4 Å². The lowest BCUT2D eigenvalue weighted by atomic mass is 10.2. The molecule has 0 radical (unpaired) electrons. The Labute approximate surface area is 122 Å². The first-order chi connectivity index (χ1) is 8.83. The van der Waals surface area contributed by atoms with Crippen LogP contribution in [0.2, 0.25) is 0 Å². The monoisotopic (exact) mass is 368 g/mol. The molecule has 4 nitrogen and oxygen atoms in total.